The fraction of sp³-hybridized carbons (Fsp3) is 0.467. The standard InChI is InChI=1S/C15H19NO3/c1-3-15(2,14(18)19)16-13(17)12-8-7-10-5-4-6-11(10)9-12/h7-9H,3-6H2,1-2H3,(H,16,17)(H,18,19). The van der Waals surface area contributed by atoms with Gasteiger partial charge in [0.05, 0.1) is 0 Å². The maximum absolute atomic E-state index is 12.1. The molecule has 1 atom stereocenters. The first-order chi connectivity index (χ1) is 8.96. The van der Waals surface area contributed by atoms with Crippen molar-refractivity contribution in [1.29, 1.82) is 0 Å². The van der Waals surface area contributed by atoms with Crippen LogP contribution in [0.25, 0.3) is 0 Å². The first kappa shape index (κ1) is 13.6. The minimum atomic E-state index is -1.21. The monoisotopic (exact) mass is 261 g/mol. The van der Waals surface area contributed by atoms with E-state index in [1.807, 2.05) is 12.1 Å². The maximum Gasteiger partial charge on any atom is 0.329 e. The topological polar surface area (TPSA) is 66.4 Å². The molecule has 0 saturated carbocycles. The van der Waals surface area contributed by atoms with Crippen LogP contribution in [0.4, 0.5) is 0 Å². The second-order valence-corrected chi connectivity index (χ2v) is 5.28. The highest BCUT2D eigenvalue weighted by atomic mass is 16.4. The van der Waals surface area contributed by atoms with E-state index in [1.54, 1.807) is 13.0 Å². The third-order valence-electron chi connectivity index (χ3n) is 3.93. The molecule has 1 unspecified atom stereocenters. The number of nitrogens with one attached hydrogen (secondary N) is 1. The fourth-order valence-corrected chi connectivity index (χ4v) is 2.33. The summed E-state index contributed by atoms with van der Waals surface area (Å²) in [5.74, 6) is -1.33. The minimum Gasteiger partial charge on any atom is -0.480 e. The van der Waals surface area contributed by atoms with E-state index >= 15 is 0 Å². The largest absolute Gasteiger partial charge is 0.480 e. The number of carboxylic acids is 1. The first-order valence-corrected chi connectivity index (χ1v) is 6.64. The van der Waals surface area contributed by atoms with E-state index in [-0.39, 0.29) is 5.91 Å². The van der Waals surface area contributed by atoms with Crippen molar-refractivity contribution in [3.05, 3.63) is 34.9 Å². The SMILES string of the molecule is CCC(C)(NC(=O)c1ccc2c(c1)CCC2)C(=O)O. The van der Waals surface area contributed by atoms with Crippen LogP contribution in [-0.2, 0) is 17.6 Å². The fourth-order valence-electron chi connectivity index (χ4n) is 2.33. The van der Waals surface area contributed by atoms with Crippen molar-refractivity contribution in [2.24, 2.45) is 0 Å². The van der Waals surface area contributed by atoms with E-state index in [9.17, 15) is 9.59 Å². The zero-order valence-electron chi connectivity index (χ0n) is 11.3. The number of benzene rings is 1. The molecule has 1 amide bonds. The number of aliphatic carboxylic acids is 1. The third-order valence-corrected chi connectivity index (χ3v) is 3.93. The van der Waals surface area contributed by atoms with E-state index in [1.165, 1.54) is 18.1 Å². The summed E-state index contributed by atoms with van der Waals surface area (Å²) in [6.45, 7) is 3.28. The molecule has 2 N–H and O–H groups in total. The van der Waals surface area contributed by atoms with Crippen LogP contribution in [0.3, 0.4) is 0 Å². The summed E-state index contributed by atoms with van der Waals surface area (Å²) < 4.78 is 0. The molecule has 0 fully saturated rings. The van der Waals surface area contributed by atoms with Crippen LogP contribution in [0.2, 0.25) is 0 Å². The maximum atomic E-state index is 12.1. The molecule has 0 spiro atoms. The summed E-state index contributed by atoms with van der Waals surface area (Å²) in [7, 11) is 0. The highest BCUT2D eigenvalue weighted by molar-refractivity contribution is 5.98. The van der Waals surface area contributed by atoms with Gasteiger partial charge in [0.2, 0.25) is 0 Å². The van der Waals surface area contributed by atoms with Crippen LogP contribution in [0.5, 0.6) is 0 Å². The zero-order chi connectivity index (χ0) is 14.0. The van der Waals surface area contributed by atoms with Crippen molar-refractivity contribution in [1.82, 2.24) is 5.32 Å². The number of fused-ring (bicyclic) bond motifs is 1. The molecule has 0 bridgehead atoms. The number of hydrogen-bond donors (Lipinski definition) is 2. The van der Waals surface area contributed by atoms with Crippen LogP contribution in [-0.4, -0.2) is 22.5 Å². The van der Waals surface area contributed by atoms with Gasteiger partial charge in [-0.2, -0.15) is 0 Å². The summed E-state index contributed by atoms with van der Waals surface area (Å²) in [6.07, 6.45) is 3.54. The van der Waals surface area contributed by atoms with Gasteiger partial charge in [0, 0.05) is 5.56 Å². The van der Waals surface area contributed by atoms with Crippen LogP contribution < -0.4 is 5.32 Å². The summed E-state index contributed by atoms with van der Waals surface area (Å²) in [6, 6.07) is 5.63. The van der Waals surface area contributed by atoms with Crippen LogP contribution in [0.1, 0.15) is 48.2 Å². The van der Waals surface area contributed by atoms with Gasteiger partial charge in [0.15, 0.2) is 0 Å². The van der Waals surface area contributed by atoms with E-state index in [4.69, 9.17) is 5.11 Å². The second kappa shape index (κ2) is 5.03. The molecule has 4 nitrogen and oxygen atoms in total. The Labute approximate surface area is 112 Å². The average molecular weight is 261 g/mol. The van der Waals surface area contributed by atoms with Gasteiger partial charge in [-0.05, 0) is 55.9 Å². The van der Waals surface area contributed by atoms with Gasteiger partial charge in [-0.25, -0.2) is 4.79 Å². The molecule has 0 heterocycles. The summed E-state index contributed by atoms with van der Waals surface area (Å²) >= 11 is 0. The van der Waals surface area contributed by atoms with Gasteiger partial charge in [0.25, 0.3) is 5.91 Å². The smallest absolute Gasteiger partial charge is 0.329 e. The van der Waals surface area contributed by atoms with Crippen molar-refractivity contribution >= 4 is 11.9 Å². The Balaban J connectivity index is 2.18. The Morgan fingerprint density at radius 1 is 1.32 bits per heavy atom. The molecule has 1 aliphatic carbocycles. The Bertz CT molecular complexity index is 524. The number of rotatable bonds is 4. The second-order valence-electron chi connectivity index (χ2n) is 5.28. The molecule has 0 aliphatic heterocycles. The average Bonchev–Trinajstić information content (AvgIpc) is 2.85. The Morgan fingerprint density at radius 3 is 2.63 bits per heavy atom. The summed E-state index contributed by atoms with van der Waals surface area (Å²) in [4.78, 5) is 23.3. The lowest BCUT2D eigenvalue weighted by atomic mass is 9.98. The predicted molar refractivity (Wildman–Crippen MR) is 72.3 cm³/mol. The lowest BCUT2D eigenvalue weighted by Crippen LogP contribution is -2.51. The van der Waals surface area contributed by atoms with E-state index < -0.39 is 11.5 Å². The Morgan fingerprint density at radius 2 is 2.00 bits per heavy atom. The van der Waals surface area contributed by atoms with Gasteiger partial charge in [-0.3, -0.25) is 4.79 Å². The van der Waals surface area contributed by atoms with Crippen LogP contribution in [0.15, 0.2) is 18.2 Å². The molecule has 2 rings (SSSR count). The van der Waals surface area contributed by atoms with Crippen molar-refractivity contribution < 1.29 is 14.7 Å². The summed E-state index contributed by atoms with van der Waals surface area (Å²) in [5.41, 5.74) is 1.84. The van der Waals surface area contributed by atoms with E-state index in [0.29, 0.717) is 12.0 Å². The molecule has 0 aromatic heterocycles. The van der Waals surface area contributed by atoms with E-state index in [2.05, 4.69) is 5.32 Å². The lowest BCUT2D eigenvalue weighted by Gasteiger charge is -2.24. The molecule has 19 heavy (non-hydrogen) atoms. The number of carbonyl (C=O) groups is 2. The number of hydrogen-bond acceptors (Lipinski definition) is 2. The quantitative estimate of drug-likeness (QED) is 0.872. The zero-order valence-corrected chi connectivity index (χ0v) is 11.3. The van der Waals surface area contributed by atoms with Crippen molar-refractivity contribution in [2.45, 2.75) is 45.1 Å². The molecule has 1 aromatic rings. The normalized spacial score (nSPS) is 16.5. The molecule has 0 saturated heterocycles. The van der Waals surface area contributed by atoms with Crippen molar-refractivity contribution in [3.8, 4) is 0 Å². The number of carboxylic acid groups (broad SMARTS) is 1. The van der Waals surface area contributed by atoms with E-state index in [0.717, 1.165) is 19.3 Å². The molecule has 102 valence electrons. The number of amides is 1. The molecular weight excluding hydrogens is 242 g/mol. The summed E-state index contributed by atoms with van der Waals surface area (Å²) in [5, 5.41) is 11.8. The predicted octanol–water partition coefficient (Wildman–Crippen LogP) is 2.16. The third kappa shape index (κ3) is 2.62. The molecular formula is C15H19NO3. The van der Waals surface area contributed by atoms with Crippen molar-refractivity contribution in [2.75, 3.05) is 0 Å². The van der Waals surface area contributed by atoms with Crippen molar-refractivity contribution in [3.63, 3.8) is 0 Å². The molecule has 1 aromatic carbocycles. The van der Waals surface area contributed by atoms with Gasteiger partial charge in [-0.1, -0.05) is 13.0 Å². The number of aryl methyl sites for hydroxylation is 2. The molecule has 1 aliphatic rings. The number of carbonyl (C=O) groups excluding carboxylic acids is 1. The first-order valence-electron chi connectivity index (χ1n) is 6.64. The van der Waals surface area contributed by atoms with Gasteiger partial charge in [-0.15, -0.1) is 0 Å². The van der Waals surface area contributed by atoms with Gasteiger partial charge >= 0.3 is 5.97 Å². The minimum absolute atomic E-state index is 0.318. The highest BCUT2D eigenvalue weighted by Crippen LogP contribution is 2.23. The Hall–Kier alpha value is -1.84. The van der Waals surface area contributed by atoms with Gasteiger partial charge in [0.1, 0.15) is 5.54 Å². The molecule has 4 heteroatoms. The Kier molecular flexibility index (Phi) is 3.60. The van der Waals surface area contributed by atoms with Crippen LogP contribution >= 0.6 is 0 Å². The van der Waals surface area contributed by atoms with Gasteiger partial charge < -0.3 is 10.4 Å². The van der Waals surface area contributed by atoms with Crippen LogP contribution in [0, 0.1) is 0 Å². The molecule has 0 radical (unpaired) electrons. The lowest BCUT2D eigenvalue weighted by molar-refractivity contribution is -0.143. The highest BCUT2D eigenvalue weighted by Gasteiger charge is 2.33.